The van der Waals surface area contributed by atoms with Gasteiger partial charge in [0.15, 0.2) is 0 Å². The molecule has 2 atom stereocenters. The summed E-state index contributed by atoms with van der Waals surface area (Å²) in [5, 5.41) is 12.5. The Bertz CT molecular complexity index is 519. The highest BCUT2D eigenvalue weighted by Gasteiger charge is 2.49. The molecule has 1 saturated carbocycles. The van der Waals surface area contributed by atoms with E-state index in [4.69, 9.17) is 4.74 Å². The summed E-state index contributed by atoms with van der Waals surface area (Å²) in [7, 11) is 0. The molecule has 2 unspecified atom stereocenters. The number of carbonyl (C=O) groups is 1. The van der Waals surface area contributed by atoms with E-state index in [1.807, 2.05) is 6.92 Å². The summed E-state index contributed by atoms with van der Waals surface area (Å²) in [6.45, 7) is 6.91. The average molecular weight is 343 g/mol. The number of rotatable bonds is 5. The Morgan fingerprint density at radius 3 is 2.90 bits per heavy atom. The zero-order valence-corrected chi connectivity index (χ0v) is 13.4. The lowest BCUT2D eigenvalue weighted by Crippen LogP contribution is -2.58. The van der Waals surface area contributed by atoms with Gasteiger partial charge < -0.3 is 15.2 Å². The molecule has 2 rings (SSSR count). The third-order valence-corrected chi connectivity index (χ3v) is 4.37. The Hall–Kier alpha value is -1.14. The van der Waals surface area contributed by atoms with Crippen LogP contribution in [-0.2, 0) is 4.74 Å². The summed E-state index contributed by atoms with van der Waals surface area (Å²) < 4.78 is 6.33. The first kappa shape index (κ1) is 15.3. The lowest BCUT2D eigenvalue weighted by atomic mass is 9.64. The van der Waals surface area contributed by atoms with E-state index in [2.05, 4.69) is 40.1 Å². The number of aromatic carboxylic acids is 1. The van der Waals surface area contributed by atoms with Crippen LogP contribution in [0.15, 0.2) is 16.7 Å². The molecule has 2 N–H and O–H groups in total. The van der Waals surface area contributed by atoms with Gasteiger partial charge in [-0.1, -0.05) is 13.8 Å². The fraction of sp³-hybridized carbons (Fsp3) is 0.571. The first-order valence-corrected chi connectivity index (χ1v) is 7.42. The van der Waals surface area contributed by atoms with Crippen LogP contribution in [0.1, 0.15) is 37.6 Å². The lowest BCUT2D eigenvalue weighted by Gasteiger charge is -2.51. The molecule has 0 saturated heterocycles. The molecular formula is C14H19BrN2O3. The molecule has 1 aromatic rings. The van der Waals surface area contributed by atoms with Gasteiger partial charge in [-0.3, -0.25) is 0 Å². The van der Waals surface area contributed by atoms with Crippen molar-refractivity contribution >= 4 is 27.7 Å². The third-order valence-electron chi connectivity index (χ3n) is 3.94. The quantitative estimate of drug-likeness (QED) is 0.859. The number of aromatic nitrogens is 1. The average Bonchev–Trinajstić information content (AvgIpc) is 2.39. The SMILES string of the molecule is CCOC1CC(Nc2ncc(Br)cc2C(=O)O)C1(C)C. The molecule has 0 radical (unpaired) electrons. The highest BCUT2D eigenvalue weighted by atomic mass is 79.9. The number of carboxylic acids is 1. The minimum atomic E-state index is -0.986. The van der Waals surface area contributed by atoms with Gasteiger partial charge in [0.1, 0.15) is 11.4 Å². The van der Waals surface area contributed by atoms with E-state index in [9.17, 15) is 9.90 Å². The minimum Gasteiger partial charge on any atom is -0.478 e. The number of ether oxygens (including phenoxy) is 1. The molecule has 5 nitrogen and oxygen atoms in total. The number of carboxylic acid groups (broad SMARTS) is 1. The van der Waals surface area contributed by atoms with Gasteiger partial charge in [-0.15, -0.1) is 0 Å². The minimum absolute atomic E-state index is 0.0411. The van der Waals surface area contributed by atoms with E-state index >= 15 is 0 Å². The van der Waals surface area contributed by atoms with E-state index < -0.39 is 5.97 Å². The second kappa shape index (κ2) is 5.69. The maximum Gasteiger partial charge on any atom is 0.339 e. The van der Waals surface area contributed by atoms with Crippen molar-refractivity contribution in [1.82, 2.24) is 4.98 Å². The molecule has 0 spiro atoms. The molecule has 0 amide bonds. The van der Waals surface area contributed by atoms with Gasteiger partial charge in [0.25, 0.3) is 0 Å². The second-order valence-corrected chi connectivity index (χ2v) is 6.47. The fourth-order valence-corrected chi connectivity index (χ4v) is 2.83. The molecule has 0 bridgehead atoms. The Morgan fingerprint density at radius 2 is 2.35 bits per heavy atom. The van der Waals surface area contributed by atoms with Crippen molar-refractivity contribution < 1.29 is 14.6 Å². The van der Waals surface area contributed by atoms with Crippen molar-refractivity contribution in [3.05, 3.63) is 22.3 Å². The number of hydrogen-bond donors (Lipinski definition) is 2. The largest absolute Gasteiger partial charge is 0.478 e. The van der Waals surface area contributed by atoms with E-state index in [-0.39, 0.29) is 23.1 Å². The Morgan fingerprint density at radius 1 is 1.65 bits per heavy atom. The number of nitrogens with one attached hydrogen (secondary N) is 1. The number of hydrogen-bond acceptors (Lipinski definition) is 4. The van der Waals surface area contributed by atoms with Crippen LogP contribution in [0.25, 0.3) is 0 Å². The van der Waals surface area contributed by atoms with E-state index in [0.29, 0.717) is 16.9 Å². The normalized spacial score (nSPS) is 24.0. The van der Waals surface area contributed by atoms with Crippen molar-refractivity contribution in [2.75, 3.05) is 11.9 Å². The van der Waals surface area contributed by atoms with Crippen molar-refractivity contribution in [1.29, 1.82) is 0 Å². The first-order valence-electron chi connectivity index (χ1n) is 6.63. The summed E-state index contributed by atoms with van der Waals surface area (Å²) in [6, 6.07) is 1.72. The number of halogens is 1. The summed E-state index contributed by atoms with van der Waals surface area (Å²) in [6.07, 6.45) is 2.66. The molecule has 0 aliphatic heterocycles. The molecule has 1 aliphatic carbocycles. The Kier molecular flexibility index (Phi) is 4.34. The van der Waals surface area contributed by atoms with Crippen molar-refractivity contribution in [2.45, 2.75) is 39.3 Å². The van der Waals surface area contributed by atoms with Crippen molar-refractivity contribution in [3.63, 3.8) is 0 Å². The molecule has 20 heavy (non-hydrogen) atoms. The van der Waals surface area contributed by atoms with Gasteiger partial charge in [0, 0.05) is 28.7 Å². The molecule has 0 aromatic carbocycles. The van der Waals surface area contributed by atoms with Crippen LogP contribution >= 0.6 is 15.9 Å². The Balaban J connectivity index is 2.14. The van der Waals surface area contributed by atoms with Crippen LogP contribution in [0.5, 0.6) is 0 Å². The molecule has 1 fully saturated rings. The van der Waals surface area contributed by atoms with Gasteiger partial charge in [-0.05, 0) is 35.3 Å². The summed E-state index contributed by atoms with van der Waals surface area (Å²) in [5.41, 5.74) is 0.135. The van der Waals surface area contributed by atoms with Crippen LogP contribution in [0.4, 0.5) is 5.82 Å². The monoisotopic (exact) mass is 342 g/mol. The lowest BCUT2D eigenvalue weighted by molar-refractivity contribution is -0.0976. The maximum absolute atomic E-state index is 11.3. The summed E-state index contributed by atoms with van der Waals surface area (Å²) >= 11 is 3.24. The number of nitrogens with zero attached hydrogens (tertiary/aromatic N) is 1. The van der Waals surface area contributed by atoms with Gasteiger partial charge in [0.2, 0.25) is 0 Å². The number of anilines is 1. The molecule has 110 valence electrons. The van der Waals surface area contributed by atoms with Crippen LogP contribution in [0.2, 0.25) is 0 Å². The highest BCUT2D eigenvalue weighted by Crippen LogP contribution is 2.44. The van der Waals surface area contributed by atoms with Gasteiger partial charge in [-0.2, -0.15) is 0 Å². The molecule has 1 heterocycles. The first-order chi connectivity index (χ1) is 9.36. The van der Waals surface area contributed by atoms with Crippen LogP contribution in [0.3, 0.4) is 0 Å². The fourth-order valence-electron chi connectivity index (χ4n) is 2.50. The third kappa shape index (κ3) is 2.81. The standard InChI is InChI=1S/C14H19BrN2O3/c1-4-20-11-6-10(14(11,2)3)17-12-9(13(18)19)5-8(15)7-16-12/h5,7,10-11H,4,6H2,1-3H3,(H,16,17)(H,18,19). The van der Waals surface area contributed by atoms with Crippen LogP contribution in [0, 0.1) is 5.41 Å². The van der Waals surface area contributed by atoms with Gasteiger partial charge in [-0.25, -0.2) is 9.78 Å². The molecule has 1 aliphatic rings. The Labute approximate surface area is 126 Å². The van der Waals surface area contributed by atoms with Gasteiger partial charge >= 0.3 is 5.97 Å². The second-order valence-electron chi connectivity index (χ2n) is 5.55. The molecule has 1 aromatic heterocycles. The predicted octanol–water partition coefficient (Wildman–Crippen LogP) is 3.16. The van der Waals surface area contributed by atoms with Crippen molar-refractivity contribution in [2.24, 2.45) is 5.41 Å². The summed E-state index contributed by atoms with van der Waals surface area (Å²) in [5.74, 6) is -0.575. The van der Waals surface area contributed by atoms with Gasteiger partial charge in [0.05, 0.1) is 6.10 Å². The zero-order valence-electron chi connectivity index (χ0n) is 11.8. The van der Waals surface area contributed by atoms with E-state index in [0.717, 1.165) is 6.42 Å². The van der Waals surface area contributed by atoms with Crippen LogP contribution < -0.4 is 5.32 Å². The highest BCUT2D eigenvalue weighted by molar-refractivity contribution is 9.10. The zero-order chi connectivity index (χ0) is 14.9. The number of pyridine rings is 1. The summed E-state index contributed by atoms with van der Waals surface area (Å²) in [4.78, 5) is 15.4. The molecular weight excluding hydrogens is 324 g/mol. The van der Waals surface area contributed by atoms with E-state index in [1.54, 1.807) is 12.3 Å². The predicted molar refractivity (Wildman–Crippen MR) is 80.1 cm³/mol. The van der Waals surface area contributed by atoms with Crippen LogP contribution in [-0.4, -0.2) is 34.8 Å². The smallest absolute Gasteiger partial charge is 0.339 e. The maximum atomic E-state index is 11.3. The molecule has 6 heteroatoms. The van der Waals surface area contributed by atoms with E-state index in [1.165, 1.54) is 0 Å². The van der Waals surface area contributed by atoms with Crippen molar-refractivity contribution in [3.8, 4) is 0 Å². The topological polar surface area (TPSA) is 71.5 Å².